The van der Waals surface area contributed by atoms with E-state index >= 15 is 0 Å². The van der Waals surface area contributed by atoms with Gasteiger partial charge in [0, 0.05) is 13.0 Å². The summed E-state index contributed by atoms with van der Waals surface area (Å²) in [7, 11) is 0. The van der Waals surface area contributed by atoms with Gasteiger partial charge in [0.05, 0.1) is 22.3 Å². The van der Waals surface area contributed by atoms with E-state index in [0.717, 1.165) is 38.5 Å². The molecule has 12 heteroatoms. The lowest BCUT2D eigenvalue weighted by atomic mass is 9.97. The van der Waals surface area contributed by atoms with Crippen molar-refractivity contribution in [1.29, 1.82) is 0 Å². The molecule has 3 unspecified atom stereocenters. The zero-order chi connectivity index (χ0) is 39.5. The minimum atomic E-state index is -1.48. The first kappa shape index (κ1) is 41.8. The highest BCUT2D eigenvalue weighted by Crippen LogP contribution is 2.32. The van der Waals surface area contributed by atoms with Crippen LogP contribution in [0.2, 0.25) is 0 Å². The second-order valence-electron chi connectivity index (χ2n) is 13.2. The maximum atomic E-state index is 13.7. The van der Waals surface area contributed by atoms with Gasteiger partial charge in [-0.1, -0.05) is 105 Å². The summed E-state index contributed by atoms with van der Waals surface area (Å²) in [6.45, 7) is -0.260. The summed E-state index contributed by atoms with van der Waals surface area (Å²) in [6.07, 6.45) is -0.609. The summed E-state index contributed by atoms with van der Waals surface area (Å²) in [6, 6.07) is 32.9. The molecule has 1 aliphatic rings. The van der Waals surface area contributed by atoms with Gasteiger partial charge in [0.1, 0.15) is 12.7 Å². The van der Waals surface area contributed by atoms with Gasteiger partial charge < -0.3 is 28.4 Å². The molecule has 4 aromatic carbocycles. The molecule has 0 bridgehead atoms. The molecule has 0 amide bonds. The Labute approximate surface area is 331 Å². The number of halogens is 1. The van der Waals surface area contributed by atoms with E-state index in [4.69, 9.17) is 40.0 Å². The molecule has 5 atom stereocenters. The lowest BCUT2D eigenvalue weighted by molar-refractivity contribution is -0.298. The number of carbonyl (C=O) groups excluding carboxylic acids is 5. The Balaban J connectivity index is 1.43. The maximum absolute atomic E-state index is 13.7. The quantitative estimate of drug-likeness (QED) is 0.0371. The van der Waals surface area contributed by atoms with Gasteiger partial charge in [-0.2, -0.15) is 0 Å². The molecule has 0 spiro atoms. The van der Waals surface area contributed by atoms with Gasteiger partial charge >= 0.3 is 23.9 Å². The maximum Gasteiger partial charge on any atom is 0.338 e. The molecule has 0 N–H and O–H groups in total. The van der Waals surface area contributed by atoms with Crippen LogP contribution in [0.5, 0.6) is 0 Å². The highest BCUT2D eigenvalue weighted by atomic mass is 35.5. The Morgan fingerprint density at radius 2 is 0.875 bits per heavy atom. The van der Waals surface area contributed by atoms with Crippen molar-refractivity contribution in [2.75, 3.05) is 13.2 Å². The summed E-state index contributed by atoms with van der Waals surface area (Å²) < 4.78 is 36.5. The van der Waals surface area contributed by atoms with Crippen LogP contribution in [0, 0.1) is 0 Å². The van der Waals surface area contributed by atoms with Crippen LogP contribution in [0.4, 0.5) is 0 Å². The molecule has 1 saturated heterocycles. The van der Waals surface area contributed by atoms with Gasteiger partial charge in [0.2, 0.25) is 5.24 Å². The third-order valence-corrected chi connectivity index (χ3v) is 9.23. The summed E-state index contributed by atoms with van der Waals surface area (Å²) in [5.41, 5.74) is 0.887. The molecule has 0 saturated carbocycles. The van der Waals surface area contributed by atoms with E-state index in [1.807, 2.05) is 0 Å². The van der Waals surface area contributed by atoms with Crippen molar-refractivity contribution < 1.29 is 52.4 Å². The zero-order valence-electron chi connectivity index (χ0n) is 30.9. The number of hydrogen-bond donors (Lipinski definition) is 0. The average Bonchev–Trinajstić information content (AvgIpc) is 3.23. The van der Waals surface area contributed by atoms with Crippen LogP contribution in [0.1, 0.15) is 92.8 Å². The fraction of sp³-hybridized carbons (Fsp3) is 0.341. The van der Waals surface area contributed by atoms with E-state index in [0.29, 0.717) is 12.8 Å². The fourth-order valence-electron chi connectivity index (χ4n) is 6.11. The van der Waals surface area contributed by atoms with Gasteiger partial charge in [0.15, 0.2) is 24.6 Å². The molecule has 1 fully saturated rings. The number of ether oxygens (including phenoxy) is 6. The van der Waals surface area contributed by atoms with Crippen molar-refractivity contribution >= 4 is 40.7 Å². The molecular weight excluding hydrogens is 740 g/mol. The molecule has 11 nitrogen and oxygen atoms in total. The van der Waals surface area contributed by atoms with E-state index in [-0.39, 0.29) is 34.1 Å². The largest absolute Gasteiger partial charge is 0.459 e. The summed E-state index contributed by atoms with van der Waals surface area (Å²) in [5.74, 6) is -2.98. The number of unbranched alkanes of at least 4 members (excludes halogenated alkanes) is 6. The first-order chi connectivity index (χ1) is 27.3. The zero-order valence-corrected chi connectivity index (χ0v) is 31.6. The SMILES string of the molecule is O=C(Cl)CCCCCCCCCO[C@@H]1OC(COC(=O)c2ccccc2)[C@@H](OC(=O)c2ccccc2)C(OC(=O)c2ccccc2)C1OC(=O)c1ccccc1. The highest BCUT2D eigenvalue weighted by molar-refractivity contribution is 6.63. The topological polar surface area (TPSA) is 141 Å². The van der Waals surface area contributed by atoms with Crippen molar-refractivity contribution in [1.82, 2.24) is 0 Å². The van der Waals surface area contributed by atoms with Crippen LogP contribution in [0.3, 0.4) is 0 Å². The molecule has 4 aromatic rings. The smallest absolute Gasteiger partial charge is 0.338 e. The molecule has 56 heavy (non-hydrogen) atoms. The molecule has 1 aliphatic heterocycles. The van der Waals surface area contributed by atoms with Gasteiger partial charge in [-0.05, 0) is 73.0 Å². The summed E-state index contributed by atoms with van der Waals surface area (Å²) in [4.78, 5) is 65.2. The third kappa shape index (κ3) is 12.9. The summed E-state index contributed by atoms with van der Waals surface area (Å²) in [5, 5.41) is -0.325. The van der Waals surface area contributed by atoms with Crippen molar-refractivity contribution in [2.45, 2.75) is 82.1 Å². The van der Waals surface area contributed by atoms with E-state index in [1.165, 1.54) is 0 Å². The Morgan fingerprint density at radius 1 is 0.482 bits per heavy atom. The van der Waals surface area contributed by atoms with Crippen molar-refractivity contribution in [3.63, 3.8) is 0 Å². The van der Waals surface area contributed by atoms with Gasteiger partial charge in [-0.3, -0.25) is 4.79 Å². The standard InChI is InChI=1S/C44H45ClO11/c45-36(46)28-18-4-2-1-3-5-19-29-51-44-39(56-43(50)34-26-16-9-17-27-34)38(55-42(49)33-24-14-8-15-25-33)37(54-41(48)32-22-12-7-13-23-32)35(53-44)30-52-40(47)31-20-10-6-11-21-31/h6-17,20-27,35,37-39,44H,1-5,18-19,28-30H2/t35?,37-,38?,39?,44-/m1/s1. The van der Waals surface area contributed by atoms with E-state index in [9.17, 15) is 24.0 Å². The minimum Gasteiger partial charge on any atom is -0.459 e. The number of rotatable bonds is 20. The second-order valence-corrected chi connectivity index (χ2v) is 13.6. The van der Waals surface area contributed by atoms with Crippen molar-refractivity contribution in [3.8, 4) is 0 Å². The lowest BCUT2D eigenvalue weighted by Crippen LogP contribution is -2.63. The molecule has 1 heterocycles. The fourth-order valence-corrected chi connectivity index (χ4v) is 6.24. The molecule has 0 aliphatic carbocycles. The van der Waals surface area contributed by atoms with E-state index in [1.54, 1.807) is 121 Å². The number of hydrogen-bond acceptors (Lipinski definition) is 11. The summed E-state index contributed by atoms with van der Waals surface area (Å²) >= 11 is 5.43. The van der Waals surface area contributed by atoms with Crippen molar-refractivity contribution in [3.05, 3.63) is 144 Å². The minimum absolute atomic E-state index is 0.176. The lowest BCUT2D eigenvalue weighted by Gasteiger charge is -2.44. The Morgan fingerprint density at radius 3 is 1.34 bits per heavy atom. The van der Waals surface area contributed by atoms with Crippen LogP contribution in [0.25, 0.3) is 0 Å². The number of esters is 4. The van der Waals surface area contributed by atoms with Crippen LogP contribution < -0.4 is 0 Å². The highest BCUT2D eigenvalue weighted by Gasteiger charge is 2.53. The Bertz CT molecular complexity index is 1840. The normalized spacial score (nSPS) is 19.0. The van der Waals surface area contributed by atoms with Crippen molar-refractivity contribution in [2.24, 2.45) is 0 Å². The molecule has 0 radical (unpaired) electrons. The van der Waals surface area contributed by atoms with Gasteiger partial charge in [0.25, 0.3) is 0 Å². The molecule has 294 valence electrons. The number of benzene rings is 4. The van der Waals surface area contributed by atoms with Crippen LogP contribution >= 0.6 is 11.6 Å². The van der Waals surface area contributed by atoms with Gasteiger partial charge in [-0.15, -0.1) is 0 Å². The third-order valence-electron chi connectivity index (χ3n) is 9.04. The average molecular weight is 785 g/mol. The number of carbonyl (C=O) groups is 5. The predicted molar refractivity (Wildman–Crippen MR) is 206 cm³/mol. The Hall–Kier alpha value is -5.36. The molecule has 5 rings (SSSR count). The predicted octanol–water partition coefficient (Wildman–Crippen LogP) is 8.15. The monoisotopic (exact) mass is 784 g/mol. The molecular formula is C44H45ClO11. The van der Waals surface area contributed by atoms with Crippen LogP contribution in [-0.4, -0.2) is 73.0 Å². The Kier molecular flexibility index (Phi) is 16.6. The molecule has 0 aromatic heterocycles. The van der Waals surface area contributed by atoms with E-state index < -0.39 is 61.2 Å². The van der Waals surface area contributed by atoms with E-state index in [2.05, 4.69) is 0 Å². The first-order valence-electron chi connectivity index (χ1n) is 18.8. The van der Waals surface area contributed by atoms with Gasteiger partial charge in [-0.25, -0.2) is 19.2 Å². The first-order valence-corrected chi connectivity index (χ1v) is 19.1. The second kappa shape index (κ2) is 22.3. The van der Waals surface area contributed by atoms with Crippen LogP contribution in [-0.2, 0) is 33.2 Å². The van der Waals surface area contributed by atoms with Crippen LogP contribution in [0.15, 0.2) is 121 Å².